The molecule has 28 heavy (non-hydrogen) atoms. The Hall–Kier alpha value is -2.14. The maximum Gasteiger partial charge on any atom is 0.401 e. The van der Waals surface area contributed by atoms with Crippen LogP contribution in [0.3, 0.4) is 0 Å². The molecule has 1 atom stereocenters. The topological polar surface area (TPSA) is 69.1 Å². The molecule has 0 aliphatic carbocycles. The summed E-state index contributed by atoms with van der Waals surface area (Å²) in [6.45, 7) is -1.23. The van der Waals surface area contributed by atoms with Crippen molar-refractivity contribution in [3.63, 3.8) is 0 Å². The van der Waals surface area contributed by atoms with Crippen LogP contribution in [-0.4, -0.2) is 68.5 Å². The summed E-state index contributed by atoms with van der Waals surface area (Å²) in [4.78, 5) is 5.32. The Kier molecular flexibility index (Phi) is 9.94. The minimum atomic E-state index is -4.26. The number of aliphatic hydroxyl groups is 1. The van der Waals surface area contributed by atoms with Gasteiger partial charge in [-0.2, -0.15) is 22.0 Å². The van der Waals surface area contributed by atoms with Crippen molar-refractivity contribution in [1.29, 1.82) is 0 Å². The fourth-order valence-corrected chi connectivity index (χ4v) is 2.25. The monoisotopic (exact) mass is 412 g/mol. The zero-order valence-electron chi connectivity index (χ0n) is 15.6. The van der Waals surface area contributed by atoms with Gasteiger partial charge in [-0.1, -0.05) is 12.1 Å². The van der Waals surface area contributed by atoms with Crippen molar-refractivity contribution in [2.24, 2.45) is 4.99 Å². The first-order valence-corrected chi connectivity index (χ1v) is 8.61. The van der Waals surface area contributed by atoms with Crippen LogP contribution in [-0.2, 0) is 0 Å². The number of hydrogen-bond acceptors (Lipinski definition) is 4. The van der Waals surface area contributed by atoms with E-state index in [0.717, 1.165) is 4.90 Å². The molecule has 0 fully saturated rings. The largest absolute Gasteiger partial charge is 0.435 e. The number of nitrogens with one attached hydrogen (secondary N) is 2. The second-order valence-electron chi connectivity index (χ2n) is 5.96. The Labute approximate surface area is 160 Å². The third kappa shape index (κ3) is 10.3. The van der Waals surface area contributed by atoms with Crippen molar-refractivity contribution in [3.05, 3.63) is 29.8 Å². The Balaban J connectivity index is 2.53. The van der Waals surface area contributed by atoms with E-state index in [9.17, 15) is 27.1 Å². The van der Waals surface area contributed by atoms with Crippen molar-refractivity contribution >= 4 is 5.96 Å². The van der Waals surface area contributed by atoms with Gasteiger partial charge in [0, 0.05) is 19.6 Å². The number of rotatable bonds is 10. The molecule has 0 radical (unpaired) electrons. The summed E-state index contributed by atoms with van der Waals surface area (Å²) >= 11 is 0. The molecule has 0 spiro atoms. The molecule has 1 aromatic rings. The average Bonchev–Trinajstić information content (AvgIpc) is 2.58. The molecule has 0 amide bonds. The predicted octanol–water partition coefficient (Wildman–Crippen LogP) is 2.37. The third-order valence-electron chi connectivity index (χ3n) is 3.49. The number of nitrogens with zero attached hydrogens (tertiary/aromatic N) is 2. The van der Waals surface area contributed by atoms with Crippen molar-refractivity contribution in [2.75, 3.05) is 39.8 Å². The van der Waals surface area contributed by atoms with Gasteiger partial charge in [0.1, 0.15) is 5.75 Å². The zero-order valence-corrected chi connectivity index (χ0v) is 15.6. The summed E-state index contributed by atoms with van der Waals surface area (Å²) < 4.78 is 65.4. The first-order chi connectivity index (χ1) is 13.1. The smallest absolute Gasteiger partial charge is 0.401 e. The van der Waals surface area contributed by atoms with Gasteiger partial charge in [0.2, 0.25) is 0 Å². The van der Waals surface area contributed by atoms with E-state index in [-0.39, 0.29) is 25.4 Å². The number of alkyl halides is 5. The number of aliphatic imine (C=N–C) groups is 1. The summed E-state index contributed by atoms with van der Waals surface area (Å²) in [7, 11) is 1.37. The van der Waals surface area contributed by atoms with Gasteiger partial charge in [-0.15, -0.1) is 0 Å². The molecule has 0 heterocycles. The van der Waals surface area contributed by atoms with Gasteiger partial charge >= 0.3 is 12.8 Å². The van der Waals surface area contributed by atoms with Gasteiger partial charge in [-0.25, -0.2) is 0 Å². The molecular weight excluding hydrogens is 387 g/mol. The molecule has 0 aliphatic rings. The molecule has 11 heteroatoms. The molecule has 0 aliphatic heterocycles. The van der Waals surface area contributed by atoms with Crippen LogP contribution < -0.4 is 15.4 Å². The van der Waals surface area contributed by atoms with E-state index < -0.39 is 25.4 Å². The van der Waals surface area contributed by atoms with Gasteiger partial charge in [0.25, 0.3) is 0 Å². The molecule has 1 rings (SSSR count). The third-order valence-corrected chi connectivity index (χ3v) is 3.49. The summed E-state index contributed by atoms with van der Waals surface area (Å²) in [5.41, 5.74) is 0.464. The molecule has 1 unspecified atom stereocenters. The SMILES string of the molecule is CCNC(=NCC(O)c1ccc(OC(F)F)cc1)NCCN(C)CC(F)(F)F. The average molecular weight is 412 g/mol. The van der Waals surface area contributed by atoms with Gasteiger partial charge < -0.3 is 20.5 Å². The predicted molar refractivity (Wildman–Crippen MR) is 95.6 cm³/mol. The molecular formula is C17H25F5N4O2. The van der Waals surface area contributed by atoms with Crippen LogP contribution in [0, 0.1) is 0 Å². The summed E-state index contributed by atoms with van der Waals surface area (Å²) in [6.07, 6.45) is -5.24. The van der Waals surface area contributed by atoms with Crippen LogP contribution in [0.25, 0.3) is 0 Å². The number of hydrogen-bond donors (Lipinski definition) is 3. The lowest BCUT2D eigenvalue weighted by atomic mass is 10.1. The number of likely N-dealkylation sites (N-methyl/N-ethyl adjacent to an activating group) is 1. The fraction of sp³-hybridized carbons (Fsp3) is 0.588. The first kappa shape index (κ1) is 23.9. The highest BCUT2D eigenvalue weighted by Crippen LogP contribution is 2.19. The molecule has 0 aromatic heterocycles. The van der Waals surface area contributed by atoms with E-state index >= 15 is 0 Å². The summed E-state index contributed by atoms with van der Waals surface area (Å²) in [5.74, 6) is 0.326. The van der Waals surface area contributed by atoms with E-state index in [1.807, 2.05) is 6.92 Å². The standard InChI is InChI=1S/C17H25F5N4O2/c1-3-23-16(24-8-9-26(2)11-17(20,21)22)25-10-14(27)12-4-6-13(7-5-12)28-15(18)19/h4-7,14-15,27H,3,8-11H2,1-2H3,(H2,23,24,25). The van der Waals surface area contributed by atoms with E-state index in [0.29, 0.717) is 18.1 Å². The van der Waals surface area contributed by atoms with Crippen molar-refractivity contribution < 1.29 is 31.8 Å². The van der Waals surface area contributed by atoms with Crippen molar-refractivity contribution in [1.82, 2.24) is 15.5 Å². The summed E-state index contributed by atoms with van der Waals surface area (Å²) in [6, 6.07) is 5.53. The van der Waals surface area contributed by atoms with Crippen LogP contribution >= 0.6 is 0 Å². The molecule has 3 N–H and O–H groups in total. The molecule has 6 nitrogen and oxygen atoms in total. The minimum absolute atomic E-state index is 0.0209. The van der Waals surface area contributed by atoms with Gasteiger partial charge in [0.05, 0.1) is 19.2 Å². The number of aliphatic hydroxyl groups excluding tert-OH is 1. The van der Waals surface area contributed by atoms with Crippen molar-refractivity contribution in [3.8, 4) is 5.75 Å². The lowest BCUT2D eigenvalue weighted by molar-refractivity contribution is -0.142. The molecule has 0 saturated heterocycles. The Morgan fingerprint density at radius 1 is 1.21 bits per heavy atom. The summed E-state index contributed by atoms with van der Waals surface area (Å²) in [5, 5.41) is 16.0. The van der Waals surface area contributed by atoms with Crippen LogP contribution in [0.2, 0.25) is 0 Å². The van der Waals surface area contributed by atoms with Crippen LogP contribution in [0.5, 0.6) is 5.75 Å². The lowest BCUT2D eigenvalue weighted by Gasteiger charge is -2.19. The number of halogens is 5. The fourth-order valence-electron chi connectivity index (χ4n) is 2.25. The number of ether oxygens (including phenoxy) is 1. The van der Waals surface area contributed by atoms with Crippen LogP contribution in [0.1, 0.15) is 18.6 Å². The number of benzene rings is 1. The normalized spacial score (nSPS) is 13.7. The highest BCUT2D eigenvalue weighted by molar-refractivity contribution is 5.79. The van der Waals surface area contributed by atoms with Gasteiger partial charge in [-0.3, -0.25) is 9.89 Å². The van der Waals surface area contributed by atoms with Crippen molar-refractivity contribution in [2.45, 2.75) is 25.8 Å². The maximum atomic E-state index is 12.3. The van der Waals surface area contributed by atoms with E-state index in [4.69, 9.17) is 0 Å². The molecule has 1 aromatic carbocycles. The quantitative estimate of drug-likeness (QED) is 0.313. The van der Waals surface area contributed by atoms with Crippen LogP contribution in [0.15, 0.2) is 29.3 Å². The molecule has 160 valence electrons. The second kappa shape index (κ2) is 11.6. The minimum Gasteiger partial charge on any atom is -0.435 e. The number of guanidine groups is 1. The molecule has 0 bridgehead atoms. The Morgan fingerprint density at radius 2 is 1.86 bits per heavy atom. The Bertz CT molecular complexity index is 596. The van der Waals surface area contributed by atoms with Gasteiger partial charge in [0.15, 0.2) is 5.96 Å². The van der Waals surface area contributed by atoms with E-state index in [1.54, 1.807) is 0 Å². The Morgan fingerprint density at radius 3 is 2.39 bits per heavy atom. The maximum absolute atomic E-state index is 12.3. The van der Waals surface area contributed by atoms with E-state index in [1.165, 1.54) is 31.3 Å². The lowest BCUT2D eigenvalue weighted by Crippen LogP contribution is -2.42. The zero-order chi connectivity index (χ0) is 21.2. The second-order valence-corrected chi connectivity index (χ2v) is 5.96. The van der Waals surface area contributed by atoms with Gasteiger partial charge in [-0.05, 0) is 31.7 Å². The molecule has 0 saturated carbocycles. The van der Waals surface area contributed by atoms with E-state index in [2.05, 4.69) is 20.4 Å². The first-order valence-electron chi connectivity index (χ1n) is 8.61. The highest BCUT2D eigenvalue weighted by atomic mass is 19.4. The highest BCUT2D eigenvalue weighted by Gasteiger charge is 2.28. The van der Waals surface area contributed by atoms with Crippen LogP contribution in [0.4, 0.5) is 22.0 Å².